The molecule has 0 N–H and O–H groups in total. The van der Waals surface area contributed by atoms with Crippen LogP contribution in [0.15, 0.2) is 11.5 Å². The Hall–Kier alpha value is -1.01. The number of carbonyl (C=O) groups excluding carboxylic acids is 1. The molecule has 0 aliphatic carbocycles. The van der Waals surface area contributed by atoms with Gasteiger partial charge in [-0.25, -0.2) is 4.79 Å². The lowest BCUT2D eigenvalue weighted by Gasteiger charge is -2.32. The third-order valence-electron chi connectivity index (χ3n) is 4.76. The van der Waals surface area contributed by atoms with Gasteiger partial charge in [0, 0.05) is 12.1 Å². The zero-order valence-corrected chi connectivity index (χ0v) is 16.8. The molecule has 1 rings (SSSR count). The summed E-state index contributed by atoms with van der Waals surface area (Å²) in [7, 11) is -0.339. The number of nitrogens with zero attached hydrogens (tertiary/aromatic N) is 1. The minimum atomic E-state index is -0.339. The first-order valence-corrected chi connectivity index (χ1v) is 8.86. The first-order chi connectivity index (χ1) is 10.9. The standard InChI is InChI=1S/C18H34BNO4/c1-13(2)20(14(3)4)16(21)22-12-10-11-15(5)19-23-17(6,7)18(8,9)24-19/h11,13-14H,10,12H2,1-9H3/b15-11+. The molecule has 5 nitrogen and oxygen atoms in total. The first-order valence-electron chi connectivity index (χ1n) is 8.86. The highest BCUT2D eigenvalue weighted by molar-refractivity contribution is 6.54. The molecule has 0 bridgehead atoms. The number of allylic oxidation sites excluding steroid dienone is 1. The van der Waals surface area contributed by atoms with Gasteiger partial charge in [-0.3, -0.25) is 0 Å². The van der Waals surface area contributed by atoms with Crippen LogP contribution in [0.4, 0.5) is 4.79 Å². The molecule has 138 valence electrons. The molecule has 0 aromatic heterocycles. The maximum absolute atomic E-state index is 12.1. The molecule has 1 fully saturated rings. The second kappa shape index (κ2) is 7.92. The average Bonchev–Trinajstić information content (AvgIpc) is 2.62. The van der Waals surface area contributed by atoms with E-state index in [-0.39, 0.29) is 36.5 Å². The third-order valence-corrected chi connectivity index (χ3v) is 4.76. The van der Waals surface area contributed by atoms with E-state index in [1.807, 2.05) is 68.4 Å². The predicted octanol–water partition coefficient (Wildman–Crippen LogP) is 4.21. The molecule has 1 aliphatic rings. The van der Waals surface area contributed by atoms with Crippen LogP contribution in [0.3, 0.4) is 0 Å². The van der Waals surface area contributed by atoms with E-state index < -0.39 is 0 Å². The number of hydrogen-bond acceptors (Lipinski definition) is 4. The van der Waals surface area contributed by atoms with E-state index >= 15 is 0 Å². The minimum absolute atomic E-state index is 0.125. The van der Waals surface area contributed by atoms with Gasteiger partial charge in [-0.05, 0) is 74.2 Å². The van der Waals surface area contributed by atoms with Crippen molar-refractivity contribution in [1.82, 2.24) is 4.90 Å². The molecule has 24 heavy (non-hydrogen) atoms. The molecule has 1 heterocycles. The Kier molecular flexibility index (Phi) is 6.94. The molecule has 1 amide bonds. The zero-order valence-electron chi connectivity index (χ0n) is 16.8. The second-order valence-corrected chi connectivity index (χ2v) is 8.03. The number of hydrogen-bond donors (Lipinski definition) is 0. The number of ether oxygens (including phenoxy) is 1. The number of rotatable bonds is 6. The van der Waals surface area contributed by atoms with Crippen molar-refractivity contribution in [2.45, 2.75) is 92.0 Å². The van der Waals surface area contributed by atoms with Gasteiger partial charge in [-0.15, -0.1) is 0 Å². The van der Waals surface area contributed by atoms with E-state index in [1.165, 1.54) is 0 Å². The smallest absolute Gasteiger partial charge is 0.449 e. The molecule has 0 unspecified atom stereocenters. The van der Waals surface area contributed by atoms with Crippen molar-refractivity contribution in [2.24, 2.45) is 0 Å². The van der Waals surface area contributed by atoms with Gasteiger partial charge in [-0.1, -0.05) is 6.08 Å². The molecule has 1 saturated heterocycles. The van der Waals surface area contributed by atoms with Crippen LogP contribution in [0.5, 0.6) is 0 Å². The number of carbonyl (C=O) groups is 1. The van der Waals surface area contributed by atoms with Crippen LogP contribution in [0.1, 0.15) is 68.7 Å². The molecule has 6 heteroatoms. The Balaban J connectivity index is 2.49. The van der Waals surface area contributed by atoms with Gasteiger partial charge < -0.3 is 18.9 Å². The largest absolute Gasteiger partial charge is 0.489 e. The fourth-order valence-corrected chi connectivity index (χ4v) is 2.65. The SMILES string of the molecule is C/C(=C\CCOC(=O)N(C(C)C)C(C)C)B1OC(C)(C)C(C)(C)O1. The quantitative estimate of drug-likeness (QED) is 0.537. The summed E-state index contributed by atoms with van der Waals surface area (Å²) >= 11 is 0. The molecule has 0 saturated carbocycles. The van der Waals surface area contributed by atoms with Crippen molar-refractivity contribution >= 4 is 13.2 Å². The van der Waals surface area contributed by atoms with Gasteiger partial charge in [0.2, 0.25) is 0 Å². The minimum Gasteiger partial charge on any atom is -0.449 e. The van der Waals surface area contributed by atoms with Crippen molar-refractivity contribution in [3.8, 4) is 0 Å². The highest BCUT2D eigenvalue weighted by Crippen LogP contribution is 2.38. The van der Waals surface area contributed by atoms with E-state index in [9.17, 15) is 4.79 Å². The monoisotopic (exact) mass is 339 g/mol. The van der Waals surface area contributed by atoms with Crippen LogP contribution in [0.25, 0.3) is 0 Å². The van der Waals surface area contributed by atoms with Gasteiger partial charge in [0.25, 0.3) is 0 Å². The van der Waals surface area contributed by atoms with E-state index in [4.69, 9.17) is 14.0 Å². The number of amides is 1. The second-order valence-electron chi connectivity index (χ2n) is 8.03. The van der Waals surface area contributed by atoms with Crippen molar-refractivity contribution < 1.29 is 18.8 Å². The van der Waals surface area contributed by atoms with Crippen LogP contribution in [0.2, 0.25) is 0 Å². The van der Waals surface area contributed by atoms with Crippen molar-refractivity contribution in [1.29, 1.82) is 0 Å². The van der Waals surface area contributed by atoms with Gasteiger partial charge in [-0.2, -0.15) is 0 Å². The van der Waals surface area contributed by atoms with Gasteiger partial charge in [0.15, 0.2) is 0 Å². The summed E-state index contributed by atoms with van der Waals surface area (Å²) < 4.78 is 17.4. The summed E-state index contributed by atoms with van der Waals surface area (Å²) in [5.74, 6) is 0. The normalized spacial score (nSPS) is 20.0. The summed E-state index contributed by atoms with van der Waals surface area (Å²) in [5.41, 5.74) is 0.331. The zero-order chi connectivity index (χ0) is 18.7. The molecular weight excluding hydrogens is 305 g/mol. The van der Waals surface area contributed by atoms with E-state index in [1.54, 1.807) is 4.90 Å². The van der Waals surface area contributed by atoms with Crippen LogP contribution >= 0.6 is 0 Å². The Labute approximate surface area is 147 Å². The topological polar surface area (TPSA) is 48.0 Å². The van der Waals surface area contributed by atoms with E-state index in [2.05, 4.69) is 0 Å². The fraction of sp³-hybridized carbons (Fsp3) is 0.833. The van der Waals surface area contributed by atoms with Gasteiger partial charge in [0.05, 0.1) is 17.8 Å². The van der Waals surface area contributed by atoms with Gasteiger partial charge in [0.1, 0.15) is 0 Å². The highest BCUT2D eigenvalue weighted by Gasteiger charge is 2.51. The summed E-state index contributed by atoms with van der Waals surface area (Å²) in [6.07, 6.45) is 2.40. The van der Waals surface area contributed by atoms with Crippen LogP contribution < -0.4 is 0 Å². The van der Waals surface area contributed by atoms with E-state index in [0.717, 1.165) is 5.47 Å². The Morgan fingerprint density at radius 1 is 1.08 bits per heavy atom. The lowest BCUT2D eigenvalue weighted by molar-refractivity contribution is 0.00578. The van der Waals surface area contributed by atoms with Gasteiger partial charge >= 0.3 is 13.2 Å². The Morgan fingerprint density at radius 3 is 1.96 bits per heavy atom. The molecule has 1 aliphatic heterocycles. The molecule has 0 atom stereocenters. The van der Waals surface area contributed by atoms with Crippen LogP contribution in [0, 0.1) is 0 Å². The molecular formula is C18H34BNO4. The fourth-order valence-electron chi connectivity index (χ4n) is 2.65. The van der Waals surface area contributed by atoms with Crippen LogP contribution in [-0.2, 0) is 14.0 Å². The lowest BCUT2D eigenvalue weighted by atomic mass is 9.79. The summed E-state index contributed by atoms with van der Waals surface area (Å²) in [5, 5.41) is 0. The maximum atomic E-state index is 12.1. The summed E-state index contributed by atoms with van der Waals surface area (Å²) in [4.78, 5) is 13.9. The molecule has 0 aromatic rings. The third kappa shape index (κ3) is 4.99. The molecule has 0 aromatic carbocycles. The Bertz CT molecular complexity index is 448. The lowest BCUT2D eigenvalue weighted by Crippen LogP contribution is -2.42. The van der Waals surface area contributed by atoms with Crippen molar-refractivity contribution in [3.05, 3.63) is 11.5 Å². The Morgan fingerprint density at radius 2 is 1.54 bits per heavy atom. The van der Waals surface area contributed by atoms with Crippen molar-refractivity contribution in [2.75, 3.05) is 6.61 Å². The van der Waals surface area contributed by atoms with E-state index in [0.29, 0.717) is 13.0 Å². The van der Waals surface area contributed by atoms with Crippen LogP contribution in [-0.4, -0.2) is 48.0 Å². The maximum Gasteiger partial charge on any atom is 0.489 e. The summed E-state index contributed by atoms with van der Waals surface area (Å²) in [6.45, 7) is 18.4. The predicted molar refractivity (Wildman–Crippen MR) is 97.9 cm³/mol. The highest BCUT2D eigenvalue weighted by atomic mass is 16.7. The molecule has 0 radical (unpaired) electrons. The summed E-state index contributed by atoms with van der Waals surface area (Å²) in [6, 6.07) is 0.249. The molecule has 0 spiro atoms. The average molecular weight is 339 g/mol. The first kappa shape index (κ1) is 21.0. The van der Waals surface area contributed by atoms with Crippen molar-refractivity contribution in [3.63, 3.8) is 0 Å².